The molecule has 0 radical (unpaired) electrons. The predicted molar refractivity (Wildman–Crippen MR) is 106 cm³/mol. The van der Waals surface area contributed by atoms with Crippen molar-refractivity contribution in [3.8, 4) is 0 Å². The smallest absolute Gasteiger partial charge is 0.251 e. The van der Waals surface area contributed by atoms with Crippen molar-refractivity contribution in [3.63, 3.8) is 0 Å². The number of benzene rings is 1. The molecule has 1 aliphatic rings. The van der Waals surface area contributed by atoms with Gasteiger partial charge >= 0.3 is 0 Å². The average molecular weight is 404 g/mol. The molecule has 1 aromatic rings. The summed E-state index contributed by atoms with van der Waals surface area (Å²) in [6.07, 6.45) is 2.78. The number of hydrogen-bond acceptors (Lipinski definition) is 4. The Balaban J connectivity index is 0.00000338. The van der Waals surface area contributed by atoms with Gasteiger partial charge in [-0.25, -0.2) is 13.1 Å². The average Bonchev–Trinajstić information content (AvgIpc) is 2.60. The minimum Gasteiger partial charge on any atom is -0.351 e. The van der Waals surface area contributed by atoms with Crippen LogP contribution in [0.1, 0.15) is 50.4 Å². The Labute approximate surface area is 163 Å². The largest absolute Gasteiger partial charge is 0.351 e. The SMILES string of the molecule is CCC(C)NS(=O)(=O)c1ccc(C(=O)NCC2(C)CCNCC2)cc1.Cl. The van der Waals surface area contributed by atoms with Crippen LogP contribution in [0.3, 0.4) is 0 Å². The molecule has 6 nitrogen and oxygen atoms in total. The van der Waals surface area contributed by atoms with Crippen LogP contribution in [0.15, 0.2) is 29.2 Å². The minimum absolute atomic E-state index is 0. The first-order chi connectivity index (χ1) is 11.8. The van der Waals surface area contributed by atoms with E-state index in [4.69, 9.17) is 0 Å². The van der Waals surface area contributed by atoms with Crippen molar-refractivity contribution in [2.24, 2.45) is 5.41 Å². The first-order valence-corrected chi connectivity index (χ1v) is 10.4. The fourth-order valence-electron chi connectivity index (χ4n) is 2.80. The summed E-state index contributed by atoms with van der Waals surface area (Å²) in [5.41, 5.74) is 0.588. The fourth-order valence-corrected chi connectivity index (χ4v) is 4.13. The highest BCUT2D eigenvalue weighted by Gasteiger charge is 2.27. The molecule has 1 atom stereocenters. The number of sulfonamides is 1. The van der Waals surface area contributed by atoms with Crippen LogP contribution < -0.4 is 15.4 Å². The van der Waals surface area contributed by atoms with Gasteiger partial charge in [-0.2, -0.15) is 0 Å². The Morgan fingerprint density at radius 2 is 1.81 bits per heavy atom. The van der Waals surface area contributed by atoms with Crippen molar-refractivity contribution in [1.29, 1.82) is 0 Å². The molecule has 0 aliphatic carbocycles. The van der Waals surface area contributed by atoms with E-state index in [2.05, 4.69) is 22.3 Å². The number of hydrogen-bond donors (Lipinski definition) is 3. The second kappa shape index (κ2) is 9.69. The molecular formula is C18H30ClN3O3S. The van der Waals surface area contributed by atoms with Crippen molar-refractivity contribution >= 4 is 28.3 Å². The molecule has 8 heteroatoms. The molecule has 1 heterocycles. The molecule has 1 aliphatic heterocycles. The van der Waals surface area contributed by atoms with Gasteiger partial charge in [0.2, 0.25) is 10.0 Å². The molecule has 0 aromatic heterocycles. The maximum atomic E-state index is 12.3. The molecule has 148 valence electrons. The van der Waals surface area contributed by atoms with Gasteiger partial charge in [-0.15, -0.1) is 12.4 Å². The molecule has 26 heavy (non-hydrogen) atoms. The van der Waals surface area contributed by atoms with Gasteiger partial charge in [0.25, 0.3) is 5.91 Å². The number of rotatable bonds is 7. The van der Waals surface area contributed by atoms with Crippen molar-refractivity contribution in [1.82, 2.24) is 15.4 Å². The quantitative estimate of drug-likeness (QED) is 0.651. The summed E-state index contributed by atoms with van der Waals surface area (Å²) in [6, 6.07) is 5.95. The lowest BCUT2D eigenvalue weighted by molar-refractivity contribution is 0.0922. The molecule has 0 saturated carbocycles. The van der Waals surface area contributed by atoms with E-state index in [1.54, 1.807) is 12.1 Å². The lowest BCUT2D eigenvalue weighted by Crippen LogP contribution is -2.42. The zero-order valence-electron chi connectivity index (χ0n) is 15.7. The predicted octanol–water partition coefficient (Wildman–Crippen LogP) is 2.30. The maximum Gasteiger partial charge on any atom is 0.251 e. The van der Waals surface area contributed by atoms with E-state index in [1.807, 2.05) is 13.8 Å². The third kappa shape index (κ3) is 6.23. The van der Waals surface area contributed by atoms with Crippen molar-refractivity contribution in [2.45, 2.75) is 51.0 Å². The summed E-state index contributed by atoms with van der Waals surface area (Å²) in [5.74, 6) is -0.168. The summed E-state index contributed by atoms with van der Waals surface area (Å²) in [7, 11) is -3.54. The first kappa shape index (κ1) is 22.9. The molecular weight excluding hydrogens is 374 g/mol. The van der Waals surface area contributed by atoms with Gasteiger partial charge in [-0.3, -0.25) is 4.79 Å². The number of amides is 1. The fraction of sp³-hybridized carbons (Fsp3) is 0.611. The minimum atomic E-state index is -3.54. The summed E-state index contributed by atoms with van der Waals surface area (Å²) in [4.78, 5) is 12.5. The Morgan fingerprint density at radius 1 is 1.23 bits per heavy atom. The van der Waals surface area contributed by atoms with Crippen LogP contribution >= 0.6 is 12.4 Å². The van der Waals surface area contributed by atoms with Gasteiger partial charge < -0.3 is 10.6 Å². The molecule has 1 unspecified atom stereocenters. The first-order valence-electron chi connectivity index (χ1n) is 8.87. The third-order valence-electron chi connectivity index (χ3n) is 4.88. The van der Waals surface area contributed by atoms with Crippen molar-refractivity contribution < 1.29 is 13.2 Å². The van der Waals surface area contributed by atoms with Gasteiger partial charge in [0.15, 0.2) is 0 Å². The van der Waals surface area contributed by atoms with E-state index in [-0.39, 0.29) is 34.7 Å². The van der Waals surface area contributed by atoms with E-state index in [0.717, 1.165) is 25.9 Å². The second-order valence-corrected chi connectivity index (χ2v) is 8.91. The molecule has 1 fully saturated rings. The monoisotopic (exact) mass is 403 g/mol. The third-order valence-corrected chi connectivity index (χ3v) is 6.49. The van der Waals surface area contributed by atoms with Gasteiger partial charge in [-0.05, 0) is 69.0 Å². The zero-order chi connectivity index (χ0) is 18.5. The Kier molecular flexibility index (Phi) is 8.53. The van der Waals surface area contributed by atoms with Crippen LogP contribution in [0.5, 0.6) is 0 Å². The van der Waals surface area contributed by atoms with Gasteiger partial charge in [-0.1, -0.05) is 13.8 Å². The lowest BCUT2D eigenvalue weighted by Gasteiger charge is -2.34. The molecule has 3 N–H and O–H groups in total. The highest BCUT2D eigenvalue weighted by molar-refractivity contribution is 7.89. The lowest BCUT2D eigenvalue weighted by atomic mass is 9.81. The normalized spacial score (nSPS) is 17.8. The molecule has 1 amide bonds. The van der Waals surface area contributed by atoms with Crippen LogP contribution in [0.4, 0.5) is 0 Å². The number of halogens is 1. The number of piperidine rings is 1. The summed E-state index contributed by atoms with van der Waals surface area (Å²) in [5, 5.41) is 6.30. The van der Waals surface area contributed by atoms with E-state index >= 15 is 0 Å². The number of nitrogens with one attached hydrogen (secondary N) is 3. The number of carbonyl (C=O) groups excluding carboxylic acids is 1. The molecule has 0 spiro atoms. The van der Waals surface area contributed by atoms with E-state index in [9.17, 15) is 13.2 Å². The number of carbonyl (C=O) groups is 1. The Bertz CT molecular complexity index is 686. The van der Waals surface area contributed by atoms with Gasteiger partial charge in [0, 0.05) is 18.2 Å². The van der Waals surface area contributed by atoms with Crippen molar-refractivity contribution in [2.75, 3.05) is 19.6 Å². The second-order valence-electron chi connectivity index (χ2n) is 7.20. The highest BCUT2D eigenvalue weighted by Crippen LogP contribution is 2.26. The summed E-state index contributed by atoms with van der Waals surface area (Å²) < 4.78 is 27.1. The Hall–Kier alpha value is -1.15. The van der Waals surface area contributed by atoms with Gasteiger partial charge in [0.05, 0.1) is 4.90 Å². The topological polar surface area (TPSA) is 87.3 Å². The molecule has 2 rings (SSSR count). The van der Waals surface area contributed by atoms with Crippen LogP contribution in [-0.4, -0.2) is 40.0 Å². The van der Waals surface area contributed by atoms with Crippen LogP contribution in [-0.2, 0) is 10.0 Å². The van der Waals surface area contributed by atoms with Crippen LogP contribution in [0, 0.1) is 5.41 Å². The van der Waals surface area contributed by atoms with Crippen LogP contribution in [0.2, 0.25) is 0 Å². The molecule has 1 saturated heterocycles. The zero-order valence-corrected chi connectivity index (χ0v) is 17.3. The van der Waals surface area contributed by atoms with Gasteiger partial charge in [0.1, 0.15) is 0 Å². The maximum absolute atomic E-state index is 12.3. The Morgan fingerprint density at radius 3 is 2.35 bits per heavy atom. The van der Waals surface area contributed by atoms with E-state index in [1.165, 1.54) is 12.1 Å². The van der Waals surface area contributed by atoms with E-state index < -0.39 is 10.0 Å². The van der Waals surface area contributed by atoms with Crippen molar-refractivity contribution in [3.05, 3.63) is 29.8 Å². The molecule has 0 bridgehead atoms. The standard InChI is InChI=1S/C18H29N3O3S.ClH/c1-4-14(2)21-25(23,24)16-7-5-15(6-8-16)17(22)20-13-18(3)9-11-19-12-10-18;/h5-8,14,19,21H,4,9-13H2,1-3H3,(H,20,22);1H. The van der Waals surface area contributed by atoms with E-state index in [0.29, 0.717) is 18.5 Å². The summed E-state index contributed by atoms with van der Waals surface area (Å²) >= 11 is 0. The highest BCUT2D eigenvalue weighted by atomic mass is 35.5. The molecule has 1 aromatic carbocycles. The summed E-state index contributed by atoms with van der Waals surface area (Å²) in [6.45, 7) is 8.50. The van der Waals surface area contributed by atoms with Crippen LogP contribution in [0.25, 0.3) is 0 Å².